The summed E-state index contributed by atoms with van der Waals surface area (Å²) in [5, 5.41) is 6.90. The van der Waals surface area contributed by atoms with Crippen LogP contribution in [0.5, 0.6) is 0 Å². The molecule has 3 rings (SSSR count). The molecule has 2 heterocycles. The van der Waals surface area contributed by atoms with E-state index in [4.69, 9.17) is 4.74 Å². The van der Waals surface area contributed by atoms with Crippen LogP contribution in [0.25, 0.3) is 10.9 Å². The normalized spacial score (nSPS) is 17.3. The van der Waals surface area contributed by atoms with Crippen molar-refractivity contribution in [2.24, 2.45) is 13.0 Å². The van der Waals surface area contributed by atoms with Gasteiger partial charge in [0.15, 0.2) is 0 Å². The van der Waals surface area contributed by atoms with Gasteiger partial charge in [-0.15, -0.1) is 0 Å². The van der Waals surface area contributed by atoms with Crippen LogP contribution in [0.4, 0.5) is 4.79 Å². The molecule has 2 amide bonds. The van der Waals surface area contributed by atoms with E-state index in [1.807, 2.05) is 62.8 Å². The minimum absolute atomic E-state index is 0.0207. The molecule has 0 radical (unpaired) electrons. The second-order valence-electron chi connectivity index (χ2n) is 9.12. The van der Waals surface area contributed by atoms with E-state index in [2.05, 4.69) is 15.5 Å². The van der Waals surface area contributed by atoms with Crippen LogP contribution in [0, 0.1) is 5.92 Å². The van der Waals surface area contributed by atoms with E-state index in [1.165, 1.54) is 0 Å². The van der Waals surface area contributed by atoms with E-state index in [1.54, 1.807) is 0 Å². The lowest BCUT2D eigenvalue weighted by molar-refractivity contribution is 0.0519. The monoisotopic (exact) mass is 414 g/mol. The Morgan fingerprint density at radius 3 is 2.73 bits per heavy atom. The van der Waals surface area contributed by atoms with Gasteiger partial charge in [0.2, 0.25) is 0 Å². The molecular formula is C23H34N4O3. The highest BCUT2D eigenvalue weighted by atomic mass is 16.6. The first-order valence-corrected chi connectivity index (χ1v) is 10.7. The molecule has 0 bridgehead atoms. The number of nitrogens with one attached hydrogen (secondary N) is 2. The number of aromatic nitrogens is 1. The average molecular weight is 415 g/mol. The van der Waals surface area contributed by atoms with Gasteiger partial charge in [-0.3, -0.25) is 4.79 Å². The minimum Gasteiger partial charge on any atom is -0.444 e. The van der Waals surface area contributed by atoms with Crippen LogP contribution in [0.2, 0.25) is 0 Å². The number of nitrogens with zero attached hydrogens (tertiary/aromatic N) is 2. The van der Waals surface area contributed by atoms with Gasteiger partial charge in [0.1, 0.15) is 5.60 Å². The van der Waals surface area contributed by atoms with Crippen LogP contribution in [0.15, 0.2) is 30.5 Å². The first-order chi connectivity index (χ1) is 14.2. The zero-order valence-corrected chi connectivity index (χ0v) is 18.5. The van der Waals surface area contributed by atoms with Crippen molar-refractivity contribution < 1.29 is 14.3 Å². The highest BCUT2D eigenvalue weighted by Crippen LogP contribution is 2.20. The van der Waals surface area contributed by atoms with Gasteiger partial charge in [0.05, 0.1) is 5.56 Å². The Morgan fingerprint density at radius 1 is 1.20 bits per heavy atom. The summed E-state index contributed by atoms with van der Waals surface area (Å²) in [6.07, 6.45) is 3.51. The van der Waals surface area contributed by atoms with E-state index in [0.29, 0.717) is 19.0 Å². The van der Waals surface area contributed by atoms with Gasteiger partial charge < -0.3 is 24.8 Å². The lowest BCUT2D eigenvalue weighted by atomic mass is 10.1. The first kappa shape index (κ1) is 22.2. The van der Waals surface area contributed by atoms with Gasteiger partial charge in [0, 0.05) is 43.8 Å². The number of carbonyl (C=O) groups is 2. The molecule has 7 nitrogen and oxygen atoms in total. The number of aryl methyl sites for hydroxylation is 1. The van der Waals surface area contributed by atoms with Crippen molar-refractivity contribution in [3.63, 3.8) is 0 Å². The topological polar surface area (TPSA) is 75.6 Å². The van der Waals surface area contributed by atoms with Crippen LogP contribution in [-0.2, 0) is 11.8 Å². The van der Waals surface area contributed by atoms with E-state index in [9.17, 15) is 9.59 Å². The SMILES string of the molecule is Cn1cc(C(=O)NCCCN2CCC(CNC(=O)OC(C)(C)C)C2)c2ccccc21. The number of hydrogen-bond donors (Lipinski definition) is 2. The number of amides is 2. The number of fused-ring (bicyclic) bond motifs is 1. The Bertz CT molecular complexity index is 884. The fourth-order valence-corrected chi connectivity index (χ4v) is 3.95. The lowest BCUT2D eigenvalue weighted by Gasteiger charge is -2.21. The second kappa shape index (κ2) is 9.51. The average Bonchev–Trinajstić information content (AvgIpc) is 3.27. The summed E-state index contributed by atoms with van der Waals surface area (Å²) in [4.78, 5) is 26.8. The number of likely N-dealkylation sites (tertiary alicyclic amines) is 1. The molecule has 7 heteroatoms. The van der Waals surface area contributed by atoms with E-state index in [0.717, 1.165) is 48.9 Å². The maximum Gasteiger partial charge on any atom is 0.407 e. The Labute approximate surface area is 178 Å². The number of ether oxygens (including phenoxy) is 1. The van der Waals surface area contributed by atoms with Crippen molar-refractivity contribution in [1.29, 1.82) is 0 Å². The summed E-state index contributed by atoms with van der Waals surface area (Å²) in [6, 6.07) is 7.95. The summed E-state index contributed by atoms with van der Waals surface area (Å²) < 4.78 is 7.27. The van der Waals surface area contributed by atoms with Crippen molar-refractivity contribution in [3.8, 4) is 0 Å². The maximum atomic E-state index is 12.6. The maximum absolute atomic E-state index is 12.6. The number of para-hydroxylation sites is 1. The van der Waals surface area contributed by atoms with Crippen LogP contribution in [-0.4, -0.2) is 59.8 Å². The van der Waals surface area contributed by atoms with Gasteiger partial charge in [-0.1, -0.05) is 18.2 Å². The third kappa shape index (κ3) is 5.98. The van der Waals surface area contributed by atoms with Crippen LogP contribution in [0.1, 0.15) is 44.0 Å². The third-order valence-electron chi connectivity index (χ3n) is 5.38. The number of carbonyl (C=O) groups excluding carboxylic acids is 2. The van der Waals surface area contributed by atoms with Crippen molar-refractivity contribution >= 4 is 22.9 Å². The lowest BCUT2D eigenvalue weighted by Crippen LogP contribution is -2.36. The molecule has 0 spiro atoms. The molecule has 164 valence electrons. The highest BCUT2D eigenvalue weighted by molar-refractivity contribution is 6.06. The molecular weight excluding hydrogens is 380 g/mol. The predicted octanol–water partition coefficient (Wildman–Crippen LogP) is 3.14. The van der Waals surface area contributed by atoms with Crippen LogP contribution >= 0.6 is 0 Å². The Hall–Kier alpha value is -2.54. The fraction of sp³-hybridized carbons (Fsp3) is 0.565. The summed E-state index contributed by atoms with van der Waals surface area (Å²) in [5.41, 5.74) is 1.32. The largest absolute Gasteiger partial charge is 0.444 e. The number of benzene rings is 1. The molecule has 1 aliphatic heterocycles. The zero-order chi connectivity index (χ0) is 21.7. The zero-order valence-electron chi connectivity index (χ0n) is 18.5. The van der Waals surface area contributed by atoms with Crippen molar-refractivity contribution in [2.75, 3.05) is 32.7 Å². The van der Waals surface area contributed by atoms with Gasteiger partial charge >= 0.3 is 6.09 Å². The summed E-state index contributed by atoms with van der Waals surface area (Å²) in [7, 11) is 1.96. The van der Waals surface area contributed by atoms with Gasteiger partial charge in [-0.05, 0) is 58.7 Å². The molecule has 1 aliphatic rings. The van der Waals surface area contributed by atoms with Crippen LogP contribution in [0.3, 0.4) is 0 Å². The molecule has 30 heavy (non-hydrogen) atoms. The van der Waals surface area contributed by atoms with Crippen molar-refractivity contribution in [3.05, 3.63) is 36.0 Å². The molecule has 0 aliphatic carbocycles. The molecule has 1 fully saturated rings. The van der Waals surface area contributed by atoms with E-state index >= 15 is 0 Å². The summed E-state index contributed by atoms with van der Waals surface area (Å²) >= 11 is 0. The Kier molecular flexibility index (Phi) is 7.02. The Balaban J connectivity index is 1.35. The number of hydrogen-bond acceptors (Lipinski definition) is 4. The van der Waals surface area contributed by atoms with Gasteiger partial charge in [-0.25, -0.2) is 4.79 Å². The second-order valence-corrected chi connectivity index (χ2v) is 9.12. The molecule has 1 unspecified atom stereocenters. The third-order valence-corrected chi connectivity index (χ3v) is 5.38. The molecule has 2 N–H and O–H groups in total. The van der Waals surface area contributed by atoms with Gasteiger partial charge in [-0.2, -0.15) is 0 Å². The quantitative estimate of drug-likeness (QED) is 0.683. The highest BCUT2D eigenvalue weighted by Gasteiger charge is 2.24. The number of rotatable bonds is 7. The molecule has 1 aromatic carbocycles. The minimum atomic E-state index is -0.470. The number of alkyl carbamates (subject to hydrolysis) is 1. The molecule has 1 atom stereocenters. The Morgan fingerprint density at radius 2 is 1.97 bits per heavy atom. The fourth-order valence-electron chi connectivity index (χ4n) is 3.95. The summed E-state index contributed by atoms with van der Waals surface area (Å²) in [6.45, 7) is 9.82. The molecule has 2 aromatic rings. The van der Waals surface area contributed by atoms with E-state index < -0.39 is 5.60 Å². The van der Waals surface area contributed by atoms with Crippen molar-refractivity contribution in [2.45, 2.75) is 39.2 Å². The first-order valence-electron chi connectivity index (χ1n) is 10.7. The van der Waals surface area contributed by atoms with Crippen molar-refractivity contribution in [1.82, 2.24) is 20.1 Å². The molecule has 0 saturated carbocycles. The van der Waals surface area contributed by atoms with E-state index in [-0.39, 0.29) is 12.0 Å². The predicted molar refractivity (Wildman–Crippen MR) is 119 cm³/mol. The van der Waals surface area contributed by atoms with Crippen LogP contribution < -0.4 is 10.6 Å². The smallest absolute Gasteiger partial charge is 0.407 e. The molecule has 1 aromatic heterocycles. The standard InChI is InChI=1S/C23H34N4O3/c1-23(2,3)30-22(29)25-14-17-10-13-27(15-17)12-7-11-24-21(28)19-16-26(4)20-9-6-5-8-18(19)20/h5-6,8-9,16-17H,7,10-15H2,1-4H3,(H,24,28)(H,25,29). The summed E-state index contributed by atoms with van der Waals surface area (Å²) in [5.74, 6) is 0.426. The molecule has 1 saturated heterocycles. The van der Waals surface area contributed by atoms with Gasteiger partial charge in [0.25, 0.3) is 5.91 Å².